The summed E-state index contributed by atoms with van der Waals surface area (Å²) in [4.78, 5) is 42.1. The number of carbonyl (C=O) groups is 2. The van der Waals surface area contributed by atoms with Gasteiger partial charge < -0.3 is 20.0 Å². The van der Waals surface area contributed by atoms with Crippen LogP contribution in [0.2, 0.25) is 0 Å². The Balaban J connectivity index is 1.46. The number of aliphatic carboxylic acids is 1. The Morgan fingerprint density at radius 3 is 2.73 bits per heavy atom. The zero-order valence-corrected chi connectivity index (χ0v) is 18.7. The molecule has 0 radical (unpaired) electrons. The van der Waals surface area contributed by atoms with Crippen LogP contribution in [0.3, 0.4) is 0 Å². The zero-order valence-electron chi connectivity index (χ0n) is 18.7. The van der Waals surface area contributed by atoms with Gasteiger partial charge in [-0.05, 0) is 30.5 Å². The third-order valence-electron chi connectivity index (χ3n) is 6.91. The minimum Gasteiger partial charge on any atom is -0.480 e. The number of anilines is 1. The molecule has 2 aliphatic rings. The number of benzene rings is 1. The summed E-state index contributed by atoms with van der Waals surface area (Å²) in [6, 6.07) is 10.1. The SMILES string of the molecule is CC(C)C(=O)Nc1ccc2c(C(C(=O)O)N3C[C@@H]4C[C@H](C3)c3cccc(=O)n3C4)c[nH]c2c1. The summed E-state index contributed by atoms with van der Waals surface area (Å²) in [5.41, 5.74) is 3.19. The maximum Gasteiger partial charge on any atom is 0.325 e. The third kappa shape index (κ3) is 3.84. The van der Waals surface area contributed by atoms with Gasteiger partial charge in [0.15, 0.2) is 0 Å². The molecule has 2 bridgehead atoms. The van der Waals surface area contributed by atoms with Crippen LogP contribution in [0.1, 0.15) is 43.5 Å². The number of fused-ring (bicyclic) bond motifs is 5. The summed E-state index contributed by atoms with van der Waals surface area (Å²) in [7, 11) is 0. The van der Waals surface area contributed by atoms with E-state index in [1.54, 1.807) is 18.3 Å². The van der Waals surface area contributed by atoms with E-state index in [1.165, 1.54) is 0 Å². The largest absolute Gasteiger partial charge is 0.480 e. The van der Waals surface area contributed by atoms with Crippen molar-refractivity contribution in [3.63, 3.8) is 0 Å². The molecule has 1 saturated heterocycles. The van der Waals surface area contributed by atoms with Crippen LogP contribution < -0.4 is 10.9 Å². The van der Waals surface area contributed by atoms with Crippen molar-refractivity contribution in [3.05, 3.63) is 64.2 Å². The van der Waals surface area contributed by atoms with E-state index in [1.807, 2.05) is 47.6 Å². The average molecular weight is 449 g/mol. The van der Waals surface area contributed by atoms with Crippen molar-refractivity contribution < 1.29 is 14.7 Å². The number of carboxylic acids is 1. The lowest BCUT2D eigenvalue weighted by Crippen LogP contribution is -2.49. The van der Waals surface area contributed by atoms with Crippen molar-refractivity contribution in [1.82, 2.24) is 14.5 Å². The minimum absolute atomic E-state index is 0.0161. The van der Waals surface area contributed by atoms with Gasteiger partial charge >= 0.3 is 5.97 Å². The molecule has 0 spiro atoms. The molecule has 1 aromatic carbocycles. The highest BCUT2D eigenvalue weighted by molar-refractivity contribution is 5.96. The zero-order chi connectivity index (χ0) is 23.3. The summed E-state index contributed by atoms with van der Waals surface area (Å²) in [6.07, 6.45) is 2.74. The summed E-state index contributed by atoms with van der Waals surface area (Å²) in [5.74, 6) is -0.712. The fourth-order valence-corrected chi connectivity index (χ4v) is 5.37. The standard InChI is InChI=1S/C25H28N4O4/c1-14(2)24(31)27-17-6-7-18-19(10-26-20(18)9-17)23(25(32)33)28-11-15-8-16(13-28)21-4-3-5-22(30)29(21)12-15/h3-7,9-10,14-16,23,26H,8,11-13H2,1-2H3,(H,27,31)(H,32,33)/t15-,16+,23?/m0/s1. The van der Waals surface area contributed by atoms with Gasteiger partial charge in [0.1, 0.15) is 6.04 Å². The van der Waals surface area contributed by atoms with Gasteiger partial charge in [0.2, 0.25) is 5.91 Å². The molecular formula is C25H28N4O4. The molecule has 1 amide bonds. The number of nitrogens with one attached hydrogen (secondary N) is 2. The number of likely N-dealkylation sites (tertiary alicyclic amines) is 1. The molecule has 3 atom stereocenters. The number of hydrogen-bond acceptors (Lipinski definition) is 4. The van der Waals surface area contributed by atoms with Crippen LogP contribution in [-0.2, 0) is 16.1 Å². The molecule has 8 heteroatoms. The number of pyridine rings is 1. The number of carbonyl (C=O) groups excluding carboxylic acids is 1. The molecule has 33 heavy (non-hydrogen) atoms. The molecule has 1 unspecified atom stereocenters. The van der Waals surface area contributed by atoms with Crippen LogP contribution in [0.5, 0.6) is 0 Å². The molecule has 0 saturated carbocycles. The van der Waals surface area contributed by atoms with Gasteiger partial charge in [0.25, 0.3) is 5.56 Å². The molecule has 1 fully saturated rings. The highest BCUT2D eigenvalue weighted by Gasteiger charge is 2.40. The number of nitrogens with zero attached hydrogens (tertiary/aromatic N) is 2. The van der Waals surface area contributed by atoms with Crippen LogP contribution in [0, 0.1) is 11.8 Å². The highest BCUT2D eigenvalue weighted by Crippen LogP contribution is 2.39. The number of carboxylic acid groups (broad SMARTS) is 1. The van der Waals surface area contributed by atoms with Crippen molar-refractivity contribution >= 4 is 28.5 Å². The molecule has 2 aliphatic heterocycles. The number of H-pyrrole nitrogens is 1. The molecule has 4 heterocycles. The molecule has 8 nitrogen and oxygen atoms in total. The van der Waals surface area contributed by atoms with E-state index in [-0.39, 0.29) is 29.2 Å². The predicted octanol–water partition coefficient (Wildman–Crippen LogP) is 3.17. The molecule has 0 aliphatic carbocycles. The monoisotopic (exact) mass is 448 g/mol. The second-order valence-corrected chi connectivity index (χ2v) is 9.54. The van der Waals surface area contributed by atoms with Crippen LogP contribution in [0.4, 0.5) is 5.69 Å². The van der Waals surface area contributed by atoms with Gasteiger partial charge in [0, 0.05) is 71.6 Å². The first-order valence-corrected chi connectivity index (χ1v) is 11.4. The minimum atomic E-state index is -0.890. The van der Waals surface area contributed by atoms with E-state index in [4.69, 9.17) is 0 Å². The van der Waals surface area contributed by atoms with Gasteiger partial charge in [-0.3, -0.25) is 19.3 Å². The molecule has 3 aromatic rings. The third-order valence-corrected chi connectivity index (χ3v) is 6.91. The van der Waals surface area contributed by atoms with E-state index in [0.29, 0.717) is 30.9 Å². The van der Waals surface area contributed by atoms with Gasteiger partial charge in [-0.2, -0.15) is 0 Å². The summed E-state index contributed by atoms with van der Waals surface area (Å²) in [6.45, 7) is 5.51. The first kappa shape index (κ1) is 21.5. The van der Waals surface area contributed by atoms with Crippen LogP contribution in [0.25, 0.3) is 10.9 Å². The van der Waals surface area contributed by atoms with Gasteiger partial charge in [-0.1, -0.05) is 26.0 Å². The Morgan fingerprint density at radius 2 is 1.97 bits per heavy atom. The summed E-state index contributed by atoms with van der Waals surface area (Å²) >= 11 is 0. The fraction of sp³-hybridized carbons (Fsp3) is 0.400. The Kier molecular flexibility index (Phi) is 5.32. The maximum absolute atomic E-state index is 12.5. The number of amides is 1. The Labute approximate surface area is 191 Å². The van der Waals surface area contributed by atoms with E-state index < -0.39 is 12.0 Å². The van der Waals surface area contributed by atoms with Crippen LogP contribution in [0.15, 0.2) is 47.4 Å². The molecule has 2 aromatic heterocycles. The highest BCUT2D eigenvalue weighted by atomic mass is 16.4. The van der Waals surface area contributed by atoms with Gasteiger partial charge in [-0.25, -0.2) is 0 Å². The average Bonchev–Trinajstić information content (AvgIpc) is 3.17. The fourth-order valence-electron chi connectivity index (χ4n) is 5.37. The Bertz CT molecular complexity index is 1290. The van der Waals surface area contributed by atoms with Gasteiger partial charge in [0.05, 0.1) is 0 Å². The summed E-state index contributed by atoms with van der Waals surface area (Å²) in [5, 5.41) is 13.9. The normalized spacial score (nSPS) is 21.1. The van der Waals surface area contributed by atoms with Crippen molar-refractivity contribution in [2.45, 2.75) is 38.8 Å². The predicted molar refractivity (Wildman–Crippen MR) is 125 cm³/mol. The van der Waals surface area contributed by atoms with E-state index in [2.05, 4.69) is 10.3 Å². The van der Waals surface area contributed by atoms with Crippen molar-refractivity contribution in [1.29, 1.82) is 0 Å². The van der Waals surface area contributed by atoms with Crippen LogP contribution in [-0.4, -0.2) is 44.5 Å². The lowest BCUT2D eigenvalue weighted by molar-refractivity contribution is -0.144. The molecule has 3 N–H and O–H groups in total. The Morgan fingerprint density at radius 1 is 1.15 bits per heavy atom. The lowest BCUT2D eigenvalue weighted by Gasteiger charge is -2.44. The number of aromatic nitrogens is 2. The Hall–Kier alpha value is -3.39. The number of aromatic amines is 1. The molecular weight excluding hydrogens is 420 g/mol. The number of rotatable bonds is 5. The topological polar surface area (TPSA) is 107 Å². The van der Waals surface area contributed by atoms with Crippen molar-refractivity contribution in [2.75, 3.05) is 18.4 Å². The first-order valence-electron chi connectivity index (χ1n) is 11.4. The summed E-state index contributed by atoms with van der Waals surface area (Å²) < 4.78 is 1.85. The lowest BCUT2D eigenvalue weighted by atomic mass is 9.82. The first-order chi connectivity index (χ1) is 15.8. The van der Waals surface area contributed by atoms with E-state index >= 15 is 0 Å². The smallest absolute Gasteiger partial charge is 0.325 e. The van der Waals surface area contributed by atoms with Gasteiger partial charge in [-0.15, -0.1) is 0 Å². The molecule has 172 valence electrons. The second-order valence-electron chi connectivity index (χ2n) is 9.54. The second kappa shape index (κ2) is 8.19. The number of piperidine rings is 1. The van der Waals surface area contributed by atoms with Crippen molar-refractivity contribution in [2.24, 2.45) is 11.8 Å². The van der Waals surface area contributed by atoms with Crippen molar-refractivity contribution in [3.8, 4) is 0 Å². The number of hydrogen-bond donors (Lipinski definition) is 3. The maximum atomic E-state index is 12.5. The quantitative estimate of drug-likeness (QED) is 0.556. The van der Waals surface area contributed by atoms with Crippen LogP contribution >= 0.6 is 0 Å². The molecule has 5 rings (SSSR count). The van der Waals surface area contributed by atoms with E-state index in [9.17, 15) is 19.5 Å². The van der Waals surface area contributed by atoms with E-state index in [0.717, 1.165) is 23.0 Å².